The number of carbonyl (C=O) groups is 1. The number of aliphatic hydroxyl groups is 1. The van der Waals surface area contributed by atoms with Crippen molar-refractivity contribution in [2.45, 2.75) is 85.4 Å². The molecule has 11 nitrogen and oxygen atoms in total. The van der Waals surface area contributed by atoms with E-state index >= 15 is 0 Å². The van der Waals surface area contributed by atoms with E-state index in [0.717, 1.165) is 43.5 Å². The average Bonchev–Trinajstić information content (AvgIpc) is 3.62. The standard InChI is InChI=1S/C37H41N3O8/c1-39-14-12-35-21-6-9-26(34(35)47-31-24(41)7-4-19(29(31)35)16-23(21)39)46-28(42)18-45-38-22-10-11-37(43)27-17-20-5-8-25(44-3)32-30(20)36(37,33(22)48-32)13-15-40(27)2/h4-9,21,23,26-27,33-34,41,43H,10-18H2,1-3H3/b38-22+/t21?,23?,26-,27?,33-,34-,35-,36-,37+/m0/s1. The molecule has 3 fully saturated rings. The van der Waals surface area contributed by atoms with Gasteiger partial charge >= 0.3 is 5.97 Å². The highest BCUT2D eigenvalue weighted by atomic mass is 16.7. The highest BCUT2D eigenvalue weighted by molar-refractivity contribution is 5.94. The van der Waals surface area contributed by atoms with Crippen LogP contribution in [0.1, 0.15) is 47.9 Å². The molecule has 252 valence electrons. The predicted octanol–water partition coefficient (Wildman–Crippen LogP) is 2.61. The molecule has 4 aliphatic heterocycles. The quantitative estimate of drug-likeness (QED) is 0.283. The van der Waals surface area contributed by atoms with Gasteiger partial charge in [-0.2, -0.15) is 0 Å². The lowest BCUT2D eigenvalue weighted by atomic mass is 9.49. The van der Waals surface area contributed by atoms with Gasteiger partial charge in [0.2, 0.25) is 6.61 Å². The zero-order valence-corrected chi connectivity index (χ0v) is 27.5. The van der Waals surface area contributed by atoms with Gasteiger partial charge in [-0.05, 0) is 95.0 Å². The molecule has 9 atom stereocenters. The van der Waals surface area contributed by atoms with E-state index in [1.165, 1.54) is 11.1 Å². The van der Waals surface area contributed by atoms with Crippen molar-refractivity contribution < 1.29 is 38.8 Å². The van der Waals surface area contributed by atoms with Crippen LogP contribution >= 0.6 is 0 Å². The first kappa shape index (κ1) is 29.1. The number of likely N-dealkylation sites (N-methyl/N-ethyl adjacent to an activating group) is 2. The molecular formula is C37H41N3O8. The number of phenols is 1. The van der Waals surface area contributed by atoms with E-state index in [-0.39, 0.29) is 29.7 Å². The van der Waals surface area contributed by atoms with E-state index in [4.69, 9.17) is 23.8 Å². The number of benzene rings is 2. The molecule has 8 aliphatic rings. The van der Waals surface area contributed by atoms with Crippen molar-refractivity contribution in [1.29, 1.82) is 0 Å². The largest absolute Gasteiger partial charge is 0.504 e. The number of nitrogens with zero attached hydrogens (tertiary/aromatic N) is 3. The molecule has 1 saturated carbocycles. The van der Waals surface area contributed by atoms with Crippen LogP contribution in [0.25, 0.3) is 0 Å². The minimum absolute atomic E-state index is 0.0322. The first-order valence-electron chi connectivity index (χ1n) is 17.3. The minimum atomic E-state index is -0.989. The Morgan fingerprint density at radius 3 is 2.67 bits per heavy atom. The Hall–Kier alpha value is -3.80. The lowest BCUT2D eigenvalue weighted by molar-refractivity contribution is -0.163. The van der Waals surface area contributed by atoms with Crippen LogP contribution in [-0.4, -0.2) is 109 Å². The lowest BCUT2D eigenvalue weighted by Crippen LogP contribution is -2.76. The van der Waals surface area contributed by atoms with Crippen molar-refractivity contribution in [3.8, 4) is 23.0 Å². The maximum atomic E-state index is 13.4. The summed E-state index contributed by atoms with van der Waals surface area (Å²) in [5.41, 5.74) is 3.16. The topological polar surface area (TPSA) is 123 Å². The van der Waals surface area contributed by atoms with Gasteiger partial charge in [0.1, 0.15) is 6.10 Å². The fourth-order valence-electron chi connectivity index (χ4n) is 11.5. The number of carbonyl (C=O) groups excluding carboxylic acids is 1. The Bertz CT molecular complexity index is 1830. The molecule has 0 amide bonds. The second-order valence-corrected chi connectivity index (χ2v) is 15.2. The van der Waals surface area contributed by atoms with Gasteiger partial charge in [-0.1, -0.05) is 23.4 Å². The van der Waals surface area contributed by atoms with Crippen LogP contribution in [0.2, 0.25) is 0 Å². The summed E-state index contributed by atoms with van der Waals surface area (Å²) in [7, 11) is 5.89. The minimum Gasteiger partial charge on any atom is -0.504 e. The summed E-state index contributed by atoms with van der Waals surface area (Å²) in [6.07, 6.45) is 6.76. The molecule has 2 spiro atoms. The fraction of sp³-hybridized carbons (Fsp3) is 0.568. The van der Waals surface area contributed by atoms with Crippen molar-refractivity contribution in [2.24, 2.45) is 11.1 Å². The molecule has 10 rings (SSSR count). The third-order valence-electron chi connectivity index (χ3n) is 13.5. The number of oxime groups is 1. The molecule has 3 unspecified atom stereocenters. The molecule has 0 radical (unpaired) electrons. The molecule has 11 heteroatoms. The fourth-order valence-corrected chi connectivity index (χ4v) is 11.5. The van der Waals surface area contributed by atoms with Crippen LogP contribution in [-0.2, 0) is 38.0 Å². The monoisotopic (exact) mass is 655 g/mol. The summed E-state index contributed by atoms with van der Waals surface area (Å²) >= 11 is 0. The molecule has 2 saturated heterocycles. The van der Waals surface area contributed by atoms with Gasteiger partial charge in [-0.3, -0.25) is 0 Å². The lowest BCUT2D eigenvalue weighted by Gasteiger charge is -2.62. The summed E-state index contributed by atoms with van der Waals surface area (Å²) < 4.78 is 25.0. The van der Waals surface area contributed by atoms with Gasteiger partial charge in [0.05, 0.1) is 23.8 Å². The number of hydrogen-bond donors (Lipinski definition) is 2. The molecule has 2 N–H and O–H groups in total. The zero-order chi connectivity index (χ0) is 32.7. The van der Waals surface area contributed by atoms with E-state index < -0.39 is 35.3 Å². The second kappa shape index (κ2) is 9.67. The number of phenolic OH excluding ortho intramolecular Hbond substituents is 1. The molecule has 2 aromatic rings. The number of esters is 1. The molecule has 0 aromatic heterocycles. The normalized spacial score (nSPS) is 40.0. The number of ether oxygens (including phenoxy) is 4. The second-order valence-electron chi connectivity index (χ2n) is 15.2. The van der Waals surface area contributed by atoms with Crippen LogP contribution in [0.3, 0.4) is 0 Å². The summed E-state index contributed by atoms with van der Waals surface area (Å²) in [5.74, 6) is 1.65. The van der Waals surface area contributed by atoms with Gasteiger partial charge in [0.15, 0.2) is 35.2 Å². The number of piperidine rings is 2. The van der Waals surface area contributed by atoms with E-state index in [2.05, 4.69) is 41.2 Å². The zero-order valence-electron chi connectivity index (χ0n) is 27.5. The Labute approximate surface area is 279 Å². The van der Waals surface area contributed by atoms with Gasteiger partial charge in [-0.15, -0.1) is 0 Å². The highest BCUT2D eigenvalue weighted by Gasteiger charge is 2.72. The SMILES string of the molecule is COc1ccc2c3c1O[C@H]1/C(=N/OCC(=O)O[C@H]4C=CC5C6Cc7ccc(O)c8c7[C@@]5(CCN6C)[C@H]4O8)CC[C@@]4(O)C(C2)N(C)CC[C@]314. The summed E-state index contributed by atoms with van der Waals surface area (Å²) in [6.45, 7) is 1.35. The van der Waals surface area contributed by atoms with Crippen molar-refractivity contribution in [2.75, 3.05) is 40.9 Å². The number of rotatable bonds is 5. The van der Waals surface area contributed by atoms with E-state index in [0.29, 0.717) is 48.3 Å². The van der Waals surface area contributed by atoms with Crippen LogP contribution in [0.4, 0.5) is 0 Å². The van der Waals surface area contributed by atoms with Crippen LogP contribution < -0.4 is 14.2 Å². The number of methoxy groups -OCH3 is 1. The maximum absolute atomic E-state index is 13.4. The third-order valence-corrected chi connectivity index (χ3v) is 13.5. The van der Waals surface area contributed by atoms with Crippen LogP contribution in [0, 0.1) is 5.92 Å². The van der Waals surface area contributed by atoms with Crippen LogP contribution in [0.5, 0.6) is 23.0 Å². The van der Waals surface area contributed by atoms with E-state index in [1.54, 1.807) is 13.2 Å². The van der Waals surface area contributed by atoms with Crippen LogP contribution in [0.15, 0.2) is 41.6 Å². The first-order valence-corrected chi connectivity index (χ1v) is 17.3. The Morgan fingerprint density at radius 1 is 1.00 bits per heavy atom. The molecule has 4 heterocycles. The van der Waals surface area contributed by atoms with Crippen molar-refractivity contribution in [3.05, 3.63) is 58.7 Å². The predicted molar refractivity (Wildman–Crippen MR) is 173 cm³/mol. The molecule has 4 aliphatic carbocycles. The van der Waals surface area contributed by atoms with Crippen molar-refractivity contribution in [1.82, 2.24) is 9.80 Å². The average molecular weight is 656 g/mol. The molecular weight excluding hydrogens is 614 g/mol. The van der Waals surface area contributed by atoms with Gasteiger partial charge in [-0.25, -0.2) is 4.79 Å². The Kier molecular flexibility index (Phi) is 5.87. The van der Waals surface area contributed by atoms with Crippen molar-refractivity contribution >= 4 is 11.7 Å². The molecule has 48 heavy (non-hydrogen) atoms. The summed E-state index contributed by atoms with van der Waals surface area (Å²) in [6, 6.07) is 8.06. The van der Waals surface area contributed by atoms with E-state index in [9.17, 15) is 15.0 Å². The van der Waals surface area contributed by atoms with Gasteiger partial charge in [0.25, 0.3) is 0 Å². The Balaban J connectivity index is 0.908. The van der Waals surface area contributed by atoms with Gasteiger partial charge in [0, 0.05) is 34.5 Å². The maximum Gasteiger partial charge on any atom is 0.347 e. The first-order chi connectivity index (χ1) is 23.2. The van der Waals surface area contributed by atoms with Crippen molar-refractivity contribution in [3.63, 3.8) is 0 Å². The molecule has 2 aromatic carbocycles. The Morgan fingerprint density at radius 2 is 1.81 bits per heavy atom. The third kappa shape index (κ3) is 3.35. The van der Waals surface area contributed by atoms with Gasteiger partial charge < -0.3 is 43.8 Å². The molecule has 4 bridgehead atoms. The summed E-state index contributed by atoms with van der Waals surface area (Å²) in [4.78, 5) is 23.8. The van der Waals surface area contributed by atoms with E-state index in [1.807, 2.05) is 18.2 Å². The smallest absolute Gasteiger partial charge is 0.347 e. The highest BCUT2D eigenvalue weighted by Crippen LogP contribution is 2.65. The number of hydrogen-bond acceptors (Lipinski definition) is 11. The summed E-state index contributed by atoms with van der Waals surface area (Å²) in [5, 5.41) is 27.8. The number of aromatic hydroxyl groups is 1. The number of likely N-dealkylation sites (tertiary alicyclic amines) is 2.